The molecule has 3 heteroatoms. The molecule has 0 aliphatic rings. The van der Waals surface area contributed by atoms with Crippen LogP contribution in [0.3, 0.4) is 0 Å². The van der Waals surface area contributed by atoms with Crippen LogP contribution in [0.15, 0.2) is 42.5 Å². The van der Waals surface area contributed by atoms with E-state index in [1.54, 1.807) is 7.11 Å². The zero-order chi connectivity index (χ0) is 14.4. The zero-order valence-corrected chi connectivity index (χ0v) is 12.2. The fourth-order valence-electron chi connectivity index (χ4n) is 2.02. The van der Waals surface area contributed by atoms with Crippen LogP contribution in [0, 0.1) is 13.8 Å². The molecule has 0 aliphatic carbocycles. The molecule has 0 fully saturated rings. The highest BCUT2D eigenvalue weighted by molar-refractivity contribution is 5.39. The van der Waals surface area contributed by atoms with E-state index >= 15 is 0 Å². The lowest BCUT2D eigenvalue weighted by Gasteiger charge is -2.12. The van der Waals surface area contributed by atoms with Crippen molar-refractivity contribution in [1.29, 1.82) is 0 Å². The molecule has 2 rings (SSSR count). The van der Waals surface area contributed by atoms with Gasteiger partial charge in [-0.15, -0.1) is 0 Å². The Labute approximate surface area is 120 Å². The SMILES string of the molecule is COc1cccc(OCCOc2c(C)cccc2C)c1. The van der Waals surface area contributed by atoms with E-state index in [2.05, 4.69) is 0 Å². The summed E-state index contributed by atoms with van der Waals surface area (Å²) in [5.74, 6) is 2.52. The van der Waals surface area contributed by atoms with Gasteiger partial charge in [-0.25, -0.2) is 0 Å². The second-order valence-electron chi connectivity index (χ2n) is 4.60. The standard InChI is InChI=1S/C17H20O3/c1-13-6-4-7-14(2)17(13)20-11-10-19-16-9-5-8-15(12-16)18-3/h4-9,12H,10-11H2,1-3H3. The molecule has 0 radical (unpaired) electrons. The third kappa shape index (κ3) is 3.67. The van der Waals surface area contributed by atoms with E-state index in [4.69, 9.17) is 14.2 Å². The molecule has 0 amide bonds. The summed E-state index contributed by atoms with van der Waals surface area (Å²) < 4.78 is 16.6. The summed E-state index contributed by atoms with van der Waals surface area (Å²) in [4.78, 5) is 0. The van der Waals surface area contributed by atoms with Crippen LogP contribution in [0.2, 0.25) is 0 Å². The van der Waals surface area contributed by atoms with Crippen LogP contribution in [0.5, 0.6) is 17.2 Å². The van der Waals surface area contributed by atoms with Crippen molar-refractivity contribution in [2.45, 2.75) is 13.8 Å². The van der Waals surface area contributed by atoms with E-state index in [0.717, 1.165) is 28.4 Å². The minimum Gasteiger partial charge on any atom is -0.497 e. The Balaban J connectivity index is 1.84. The van der Waals surface area contributed by atoms with E-state index in [-0.39, 0.29) is 0 Å². The van der Waals surface area contributed by atoms with E-state index in [1.807, 2.05) is 56.3 Å². The van der Waals surface area contributed by atoms with Gasteiger partial charge < -0.3 is 14.2 Å². The first-order chi connectivity index (χ1) is 9.70. The molecule has 0 aliphatic heterocycles. The molecule has 0 N–H and O–H groups in total. The Morgan fingerprint density at radius 1 is 0.800 bits per heavy atom. The molecule has 0 saturated heterocycles. The first-order valence-corrected chi connectivity index (χ1v) is 6.66. The molecule has 2 aromatic carbocycles. The first-order valence-electron chi connectivity index (χ1n) is 6.66. The van der Waals surface area contributed by atoms with Gasteiger partial charge in [-0.05, 0) is 37.1 Å². The fraction of sp³-hybridized carbons (Fsp3) is 0.294. The van der Waals surface area contributed by atoms with Crippen molar-refractivity contribution >= 4 is 0 Å². The van der Waals surface area contributed by atoms with Gasteiger partial charge >= 0.3 is 0 Å². The molecule has 20 heavy (non-hydrogen) atoms. The number of aryl methyl sites for hydroxylation is 2. The average molecular weight is 272 g/mol. The molecule has 0 atom stereocenters. The predicted octanol–water partition coefficient (Wildman–Crippen LogP) is 3.77. The number of ether oxygens (including phenoxy) is 3. The lowest BCUT2D eigenvalue weighted by atomic mass is 10.1. The van der Waals surface area contributed by atoms with Crippen LogP contribution in [-0.4, -0.2) is 20.3 Å². The highest BCUT2D eigenvalue weighted by Crippen LogP contribution is 2.22. The van der Waals surface area contributed by atoms with Gasteiger partial charge in [0, 0.05) is 6.07 Å². The van der Waals surface area contributed by atoms with Gasteiger partial charge in [0.05, 0.1) is 7.11 Å². The highest BCUT2D eigenvalue weighted by atomic mass is 16.5. The average Bonchev–Trinajstić information content (AvgIpc) is 2.46. The zero-order valence-electron chi connectivity index (χ0n) is 12.2. The van der Waals surface area contributed by atoms with Crippen molar-refractivity contribution in [3.8, 4) is 17.2 Å². The Morgan fingerprint density at radius 3 is 2.10 bits per heavy atom. The van der Waals surface area contributed by atoms with E-state index < -0.39 is 0 Å². The van der Waals surface area contributed by atoms with Gasteiger partial charge in [-0.1, -0.05) is 24.3 Å². The number of rotatable bonds is 6. The number of hydrogen-bond acceptors (Lipinski definition) is 3. The van der Waals surface area contributed by atoms with Crippen molar-refractivity contribution in [1.82, 2.24) is 0 Å². The minimum atomic E-state index is 0.501. The maximum absolute atomic E-state index is 5.79. The minimum absolute atomic E-state index is 0.501. The lowest BCUT2D eigenvalue weighted by molar-refractivity contribution is 0.215. The van der Waals surface area contributed by atoms with Crippen molar-refractivity contribution in [3.05, 3.63) is 53.6 Å². The highest BCUT2D eigenvalue weighted by Gasteiger charge is 2.03. The Hall–Kier alpha value is -2.16. The molecule has 0 unspecified atom stereocenters. The quantitative estimate of drug-likeness (QED) is 0.749. The molecule has 0 spiro atoms. The van der Waals surface area contributed by atoms with Gasteiger partial charge in [0.25, 0.3) is 0 Å². The first kappa shape index (κ1) is 14.3. The topological polar surface area (TPSA) is 27.7 Å². The molecule has 0 aromatic heterocycles. The maximum Gasteiger partial charge on any atom is 0.125 e. The summed E-state index contributed by atoms with van der Waals surface area (Å²) in [5.41, 5.74) is 2.29. The van der Waals surface area contributed by atoms with E-state index in [0.29, 0.717) is 13.2 Å². The summed E-state index contributed by atoms with van der Waals surface area (Å²) in [5, 5.41) is 0. The summed E-state index contributed by atoms with van der Waals surface area (Å²) in [6.07, 6.45) is 0. The summed E-state index contributed by atoms with van der Waals surface area (Å²) in [6.45, 7) is 5.11. The van der Waals surface area contributed by atoms with Crippen molar-refractivity contribution in [3.63, 3.8) is 0 Å². The Bertz CT molecular complexity index is 544. The van der Waals surface area contributed by atoms with Gasteiger partial charge in [-0.2, -0.15) is 0 Å². The summed E-state index contributed by atoms with van der Waals surface area (Å²) in [7, 11) is 1.64. The van der Waals surface area contributed by atoms with E-state index in [1.165, 1.54) is 0 Å². The van der Waals surface area contributed by atoms with Gasteiger partial charge in [0.15, 0.2) is 0 Å². The Morgan fingerprint density at radius 2 is 1.40 bits per heavy atom. The largest absolute Gasteiger partial charge is 0.497 e. The van der Waals surface area contributed by atoms with Crippen LogP contribution in [0.4, 0.5) is 0 Å². The molecule has 0 bridgehead atoms. The number of hydrogen-bond donors (Lipinski definition) is 0. The monoisotopic (exact) mass is 272 g/mol. The fourth-order valence-corrected chi connectivity index (χ4v) is 2.02. The van der Waals surface area contributed by atoms with Crippen molar-refractivity contribution in [2.75, 3.05) is 20.3 Å². The van der Waals surface area contributed by atoms with Crippen molar-refractivity contribution in [2.24, 2.45) is 0 Å². The molecule has 3 nitrogen and oxygen atoms in total. The summed E-state index contributed by atoms with van der Waals surface area (Å²) >= 11 is 0. The third-order valence-electron chi connectivity index (χ3n) is 3.05. The van der Waals surface area contributed by atoms with Crippen LogP contribution in [0.25, 0.3) is 0 Å². The van der Waals surface area contributed by atoms with Crippen LogP contribution in [-0.2, 0) is 0 Å². The normalized spacial score (nSPS) is 10.2. The van der Waals surface area contributed by atoms with Gasteiger partial charge in [0.1, 0.15) is 30.5 Å². The second-order valence-corrected chi connectivity index (χ2v) is 4.60. The van der Waals surface area contributed by atoms with Gasteiger partial charge in [-0.3, -0.25) is 0 Å². The van der Waals surface area contributed by atoms with E-state index in [9.17, 15) is 0 Å². The molecule has 106 valence electrons. The molecular weight excluding hydrogens is 252 g/mol. The van der Waals surface area contributed by atoms with Crippen molar-refractivity contribution < 1.29 is 14.2 Å². The number of methoxy groups -OCH3 is 1. The molecular formula is C17H20O3. The van der Waals surface area contributed by atoms with Gasteiger partial charge in [0.2, 0.25) is 0 Å². The van der Waals surface area contributed by atoms with Crippen LogP contribution >= 0.6 is 0 Å². The third-order valence-corrected chi connectivity index (χ3v) is 3.05. The van der Waals surface area contributed by atoms with Crippen LogP contribution < -0.4 is 14.2 Å². The number of benzene rings is 2. The molecule has 0 heterocycles. The molecule has 2 aromatic rings. The maximum atomic E-state index is 5.79. The smallest absolute Gasteiger partial charge is 0.125 e. The second kappa shape index (κ2) is 6.85. The number of para-hydroxylation sites is 1. The predicted molar refractivity (Wildman–Crippen MR) is 79.9 cm³/mol. The van der Waals surface area contributed by atoms with Crippen LogP contribution in [0.1, 0.15) is 11.1 Å². The Kier molecular flexibility index (Phi) is 4.88. The summed E-state index contributed by atoms with van der Waals surface area (Å²) in [6, 6.07) is 13.7. The molecule has 0 saturated carbocycles. The lowest BCUT2D eigenvalue weighted by Crippen LogP contribution is -2.10.